The predicted molar refractivity (Wildman–Crippen MR) is 67.1 cm³/mol. The van der Waals surface area contributed by atoms with Gasteiger partial charge < -0.3 is 21.6 Å². The predicted octanol–water partition coefficient (Wildman–Crippen LogP) is -0.624. The summed E-state index contributed by atoms with van der Waals surface area (Å²) in [4.78, 5) is 10.8. The molecule has 17 heavy (non-hydrogen) atoms. The van der Waals surface area contributed by atoms with Crippen LogP contribution in [0.15, 0.2) is 12.7 Å². The van der Waals surface area contributed by atoms with E-state index in [1.807, 2.05) is 0 Å². The van der Waals surface area contributed by atoms with Gasteiger partial charge >= 0.3 is 5.97 Å². The number of nitrogens with zero attached hydrogens (tertiary/aromatic N) is 1. The van der Waals surface area contributed by atoms with Crippen molar-refractivity contribution in [3.63, 3.8) is 0 Å². The molecule has 102 valence electrons. The normalized spacial score (nSPS) is 10.5. The number of hydrogen-bond donors (Lipinski definition) is 0. The minimum atomic E-state index is -0.319. The van der Waals surface area contributed by atoms with E-state index in [1.165, 1.54) is 32.0 Å². The third-order valence-electron chi connectivity index (χ3n) is 2.78. The van der Waals surface area contributed by atoms with Gasteiger partial charge in [-0.3, -0.25) is 0 Å². The Balaban J connectivity index is 0. The highest BCUT2D eigenvalue weighted by atomic mass is 35.5. The molecule has 4 heteroatoms. The summed E-state index contributed by atoms with van der Waals surface area (Å²) >= 11 is 0. The maximum Gasteiger partial charge on any atom is 0.330 e. The molecule has 0 rings (SSSR count). The van der Waals surface area contributed by atoms with E-state index in [2.05, 4.69) is 27.5 Å². The molecule has 0 spiro atoms. The molecule has 0 fully saturated rings. The van der Waals surface area contributed by atoms with Crippen LogP contribution in [-0.4, -0.2) is 43.7 Å². The minimum absolute atomic E-state index is 0. The van der Waals surface area contributed by atoms with Gasteiger partial charge in [-0.15, -0.1) is 0 Å². The van der Waals surface area contributed by atoms with E-state index in [1.54, 1.807) is 0 Å². The summed E-state index contributed by atoms with van der Waals surface area (Å²) < 4.78 is 6.06. The van der Waals surface area contributed by atoms with E-state index in [0.717, 1.165) is 17.4 Å². The fourth-order valence-corrected chi connectivity index (χ4v) is 2.09. The van der Waals surface area contributed by atoms with Crippen LogP contribution in [0.1, 0.15) is 33.1 Å². The molecule has 0 aliphatic rings. The number of rotatable bonds is 9. The van der Waals surface area contributed by atoms with Crippen molar-refractivity contribution < 1.29 is 26.4 Å². The molecule has 0 aromatic heterocycles. The number of esters is 1. The first kappa shape index (κ1) is 18.8. The largest absolute Gasteiger partial charge is 1.00 e. The average molecular weight is 264 g/mol. The van der Waals surface area contributed by atoms with Crippen LogP contribution in [0, 0.1) is 0 Å². The molecule has 0 aromatic carbocycles. The number of hydrogen-bond acceptors (Lipinski definition) is 2. The zero-order valence-electron chi connectivity index (χ0n) is 11.4. The highest BCUT2D eigenvalue weighted by Crippen LogP contribution is 2.07. The Morgan fingerprint density at radius 1 is 1.24 bits per heavy atom. The lowest BCUT2D eigenvalue weighted by Crippen LogP contribution is -3.00. The van der Waals surface area contributed by atoms with Crippen molar-refractivity contribution in [1.82, 2.24) is 0 Å². The van der Waals surface area contributed by atoms with Crippen molar-refractivity contribution in [1.29, 1.82) is 0 Å². The van der Waals surface area contributed by atoms with Gasteiger partial charge in [-0.05, 0) is 12.8 Å². The average Bonchev–Trinajstić information content (AvgIpc) is 2.25. The maximum absolute atomic E-state index is 10.8. The standard InChI is InChI=1S/C13H26NO2.ClH/c1-5-9-14(4,10-6-2)11-8-12-16-13(15)7-3;/h7H,3,5-6,8-12H2,1-2,4H3;1H/q+1;/p-1. The Bertz CT molecular complexity index is 213. The molecule has 0 amide bonds. The van der Waals surface area contributed by atoms with Gasteiger partial charge in [0.05, 0.1) is 33.3 Å². The van der Waals surface area contributed by atoms with E-state index >= 15 is 0 Å². The van der Waals surface area contributed by atoms with Crippen LogP contribution in [-0.2, 0) is 9.53 Å². The third kappa shape index (κ3) is 9.19. The first-order chi connectivity index (χ1) is 7.58. The molecule has 0 saturated heterocycles. The zero-order chi connectivity index (χ0) is 12.4. The van der Waals surface area contributed by atoms with E-state index < -0.39 is 0 Å². The number of quaternary nitrogens is 1. The molecule has 0 aliphatic heterocycles. The summed E-state index contributed by atoms with van der Waals surface area (Å²) in [7, 11) is 2.28. The molecular formula is C13H26ClNO2. The second kappa shape index (κ2) is 10.6. The van der Waals surface area contributed by atoms with Crippen LogP contribution in [0.2, 0.25) is 0 Å². The summed E-state index contributed by atoms with van der Waals surface area (Å²) in [6.45, 7) is 11.8. The van der Waals surface area contributed by atoms with Gasteiger partial charge in [0.2, 0.25) is 0 Å². The van der Waals surface area contributed by atoms with Crippen LogP contribution in [0.4, 0.5) is 0 Å². The van der Waals surface area contributed by atoms with E-state index in [-0.39, 0.29) is 18.4 Å². The van der Waals surface area contributed by atoms with E-state index in [4.69, 9.17) is 4.74 Å². The van der Waals surface area contributed by atoms with Gasteiger partial charge in [0.15, 0.2) is 0 Å². The highest BCUT2D eigenvalue weighted by Gasteiger charge is 2.18. The summed E-state index contributed by atoms with van der Waals surface area (Å²) in [6.07, 6.45) is 4.54. The van der Waals surface area contributed by atoms with Crippen LogP contribution >= 0.6 is 0 Å². The quantitative estimate of drug-likeness (QED) is 0.240. The maximum atomic E-state index is 10.8. The molecule has 0 N–H and O–H groups in total. The number of ether oxygens (including phenoxy) is 1. The first-order valence-electron chi connectivity index (χ1n) is 6.20. The van der Waals surface area contributed by atoms with Gasteiger partial charge in [0.25, 0.3) is 0 Å². The van der Waals surface area contributed by atoms with Crippen LogP contribution in [0.3, 0.4) is 0 Å². The molecule has 0 bridgehead atoms. The number of halogens is 1. The topological polar surface area (TPSA) is 26.3 Å². The summed E-state index contributed by atoms with van der Waals surface area (Å²) in [6, 6.07) is 0. The molecule has 0 aromatic rings. The molecule has 3 nitrogen and oxygen atoms in total. The smallest absolute Gasteiger partial charge is 0.330 e. The molecule has 0 aliphatic carbocycles. The minimum Gasteiger partial charge on any atom is -1.00 e. The highest BCUT2D eigenvalue weighted by molar-refractivity contribution is 5.81. The Kier molecular flexibility index (Phi) is 11.7. The summed E-state index contributed by atoms with van der Waals surface area (Å²) in [5.41, 5.74) is 0. The Morgan fingerprint density at radius 2 is 1.76 bits per heavy atom. The van der Waals surface area contributed by atoms with Crippen molar-refractivity contribution >= 4 is 5.97 Å². The number of carbonyl (C=O) groups excluding carboxylic acids is 1. The Morgan fingerprint density at radius 3 is 2.18 bits per heavy atom. The third-order valence-corrected chi connectivity index (χ3v) is 2.78. The second-order valence-corrected chi connectivity index (χ2v) is 4.52. The van der Waals surface area contributed by atoms with Gasteiger partial charge in [-0.2, -0.15) is 0 Å². The van der Waals surface area contributed by atoms with Crippen LogP contribution < -0.4 is 12.4 Å². The molecular weight excluding hydrogens is 238 g/mol. The van der Waals surface area contributed by atoms with E-state index in [9.17, 15) is 4.79 Å². The van der Waals surface area contributed by atoms with Gasteiger partial charge in [0, 0.05) is 12.5 Å². The monoisotopic (exact) mass is 263 g/mol. The fraction of sp³-hybridized carbons (Fsp3) is 0.769. The van der Waals surface area contributed by atoms with Crippen LogP contribution in [0.25, 0.3) is 0 Å². The Hall–Kier alpha value is -0.540. The summed E-state index contributed by atoms with van der Waals surface area (Å²) in [5, 5.41) is 0. The lowest BCUT2D eigenvalue weighted by Gasteiger charge is -2.34. The van der Waals surface area contributed by atoms with Crippen molar-refractivity contribution in [2.24, 2.45) is 0 Å². The van der Waals surface area contributed by atoms with Crippen molar-refractivity contribution in [2.75, 3.05) is 33.3 Å². The summed E-state index contributed by atoms with van der Waals surface area (Å²) in [5.74, 6) is -0.319. The first-order valence-corrected chi connectivity index (χ1v) is 6.20. The lowest BCUT2D eigenvalue weighted by atomic mass is 10.2. The van der Waals surface area contributed by atoms with Gasteiger partial charge in [-0.25, -0.2) is 4.79 Å². The van der Waals surface area contributed by atoms with Crippen molar-refractivity contribution in [3.05, 3.63) is 12.7 Å². The molecule has 0 saturated carbocycles. The van der Waals surface area contributed by atoms with Crippen molar-refractivity contribution in [3.8, 4) is 0 Å². The SMILES string of the molecule is C=CC(=O)OCCC[N+](C)(CCC)CCC.[Cl-]. The number of carbonyl (C=O) groups is 1. The fourth-order valence-electron chi connectivity index (χ4n) is 2.09. The second-order valence-electron chi connectivity index (χ2n) is 4.52. The molecule has 0 heterocycles. The van der Waals surface area contributed by atoms with Crippen LogP contribution in [0.5, 0.6) is 0 Å². The van der Waals surface area contributed by atoms with Gasteiger partial charge in [0.1, 0.15) is 0 Å². The molecule has 0 radical (unpaired) electrons. The van der Waals surface area contributed by atoms with Gasteiger partial charge in [-0.1, -0.05) is 20.4 Å². The van der Waals surface area contributed by atoms with Crippen molar-refractivity contribution in [2.45, 2.75) is 33.1 Å². The molecule has 0 unspecified atom stereocenters. The lowest BCUT2D eigenvalue weighted by molar-refractivity contribution is -0.909. The Labute approximate surface area is 112 Å². The van der Waals surface area contributed by atoms with E-state index in [0.29, 0.717) is 6.61 Å². The zero-order valence-corrected chi connectivity index (χ0v) is 12.1. The molecule has 0 atom stereocenters.